The molecule has 1 rings (SSSR count). The first-order valence-electron chi connectivity index (χ1n) is 7.32. The summed E-state index contributed by atoms with van der Waals surface area (Å²) >= 11 is 0. The second-order valence-electron chi connectivity index (χ2n) is 7.05. The number of amides is 1. The summed E-state index contributed by atoms with van der Waals surface area (Å²) in [4.78, 5) is 24.9. The van der Waals surface area contributed by atoms with Crippen LogP contribution >= 0.6 is 0 Å². The van der Waals surface area contributed by atoms with Gasteiger partial charge in [-0.2, -0.15) is 0 Å². The molecule has 116 valence electrons. The van der Waals surface area contributed by atoms with E-state index in [1.807, 2.05) is 0 Å². The molecule has 0 bridgehead atoms. The van der Waals surface area contributed by atoms with E-state index in [9.17, 15) is 14.7 Å². The first kappa shape index (κ1) is 16.8. The number of ether oxygens (including phenoxy) is 1. The maximum absolute atomic E-state index is 12.1. The Morgan fingerprint density at radius 1 is 1.35 bits per heavy atom. The third kappa shape index (κ3) is 5.02. The number of rotatable bonds is 3. The average Bonchev–Trinajstić information content (AvgIpc) is 2.25. The van der Waals surface area contributed by atoms with Gasteiger partial charge in [0.05, 0.1) is 0 Å². The third-order valence-corrected chi connectivity index (χ3v) is 3.43. The van der Waals surface area contributed by atoms with Crippen molar-refractivity contribution >= 4 is 12.1 Å². The molecule has 20 heavy (non-hydrogen) atoms. The lowest BCUT2D eigenvalue weighted by atomic mass is 9.85. The highest BCUT2D eigenvalue weighted by Gasteiger charge is 2.38. The minimum atomic E-state index is -0.940. The molecule has 0 aromatic carbocycles. The fourth-order valence-electron chi connectivity index (χ4n) is 2.69. The minimum absolute atomic E-state index is 0.370. The van der Waals surface area contributed by atoms with Gasteiger partial charge in [0.2, 0.25) is 0 Å². The summed E-state index contributed by atoms with van der Waals surface area (Å²) in [5.74, 6) is -0.0263. The largest absolute Gasteiger partial charge is 0.480 e. The van der Waals surface area contributed by atoms with Gasteiger partial charge in [0, 0.05) is 6.54 Å². The summed E-state index contributed by atoms with van der Waals surface area (Å²) in [5, 5.41) is 9.36. The molecule has 1 aliphatic heterocycles. The third-order valence-electron chi connectivity index (χ3n) is 3.43. The molecule has 1 amide bonds. The topological polar surface area (TPSA) is 66.8 Å². The predicted molar refractivity (Wildman–Crippen MR) is 76.5 cm³/mol. The number of carboxylic acids is 1. The monoisotopic (exact) mass is 285 g/mol. The Hall–Kier alpha value is -1.26. The number of likely N-dealkylation sites (tertiary alicyclic amines) is 1. The lowest BCUT2D eigenvalue weighted by Crippen LogP contribution is -2.51. The van der Waals surface area contributed by atoms with E-state index in [0.717, 1.165) is 12.8 Å². The number of carbonyl (C=O) groups excluding carboxylic acids is 1. The lowest BCUT2D eigenvalue weighted by molar-refractivity contribution is -0.145. The Balaban J connectivity index is 2.72. The van der Waals surface area contributed by atoms with Crippen LogP contribution in [0.1, 0.15) is 53.9 Å². The maximum Gasteiger partial charge on any atom is 0.411 e. The Bertz CT molecular complexity index is 359. The van der Waals surface area contributed by atoms with Crippen LogP contribution in [-0.2, 0) is 9.53 Å². The van der Waals surface area contributed by atoms with Crippen LogP contribution in [0.25, 0.3) is 0 Å². The van der Waals surface area contributed by atoms with Gasteiger partial charge in [-0.05, 0) is 51.9 Å². The van der Waals surface area contributed by atoms with Gasteiger partial charge < -0.3 is 9.84 Å². The highest BCUT2D eigenvalue weighted by molar-refractivity contribution is 5.80. The van der Waals surface area contributed by atoms with Crippen LogP contribution in [0.2, 0.25) is 0 Å². The number of nitrogens with zero attached hydrogens (tertiary/aromatic N) is 1. The fourth-order valence-corrected chi connectivity index (χ4v) is 2.69. The number of carboxylic acid groups (broad SMARTS) is 1. The van der Waals surface area contributed by atoms with Crippen LogP contribution < -0.4 is 0 Å². The molecular weight excluding hydrogens is 258 g/mol. The number of aliphatic carboxylic acids is 1. The zero-order chi connectivity index (χ0) is 15.5. The van der Waals surface area contributed by atoms with Crippen LogP contribution in [0, 0.1) is 11.8 Å². The first-order valence-corrected chi connectivity index (χ1v) is 7.32. The zero-order valence-electron chi connectivity index (χ0n) is 13.2. The van der Waals surface area contributed by atoms with Crippen molar-refractivity contribution in [1.29, 1.82) is 0 Å². The molecular formula is C15H27NO4. The van der Waals surface area contributed by atoms with E-state index >= 15 is 0 Å². The average molecular weight is 285 g/mol. The molecule has 0 spiro atoms. The lowest BCUT2D eigenvalue weighted by Gasteiger charge is -2.38. The first-order chi connectivity index (χ1) is 9.10. The summed E-state index contributed by atoms with van der Waals surface area (Å²) < 4.78 is 5.30. The molecule has 0 aromatic heterocycles. The highest BCUT2D eigenvalue weighted by atomic mass is 16.6. The number of hydrogen-bond donors (Lipinski definition) is 1. The number of piperidine rings is 1. The SMILES string of the molecule is CC(C)C[C@@H]1CCN(C(=O)OC(C)(C)C)[C@@H](C(=O)O)C1. The number of hydrogen-bond acceptors (Lipinski definition) is 3. The molecule has 1 fully saturated rings. The Morgan fingerprint density at radius 3 is 2.40 bits per heavy atom. The van der Waals surface area contributed by atoms with Gasteiger partial charge in [0.1, 0.15) is 11.6 Å². The van der Waals surface area contributed by atoms with E-state index < -0.39 is 23.7 Å². The predicted octanol–water partition coefficient (Wildman–Crippen LogP) is 3.13. The van der Waals surface area contributed by atoms with Gasteiger partial charge in [-0.1, -0.05) is 13.8 Å². The molecule has 0 aliphatic carbocycles. The molecule has 1 N–H and O–H groups in total. The molecule has 0 radical (unpaired) electrons. The van der Waals surface area contributed by atoms with Crippen molar-refractivity contribution < 1.29 is 19.4 Å². The van der Waals surface area contributed by atoms with Crippen LogP contribution in [0.4, 0.5) is 4.79 Å². The van der Waals surface area contributed by atoms with Crippen molar-refractivity contribution in [2.24, 2.45) is 11.8 Å². The Kier molecular flexibility index (Phi) is 5.42. The van der Waals surface area contributed by atoms with Gasteiger partial charge >= 0.3 is 12.1 Å². The van der Waals surface area contributed by atoms with Crippen molar-refractivity contribution in [2.75, 3.05) is 6.54 Å². The minimum Gasteiger partial charge on any atom is -0.480 e. The molecule has 1 heterocycles. The van der Waals surface area contributed by atoms with Crippen LogP contribution in [0.3, 0.4) is 0 Å². The summed E-state index contributed by atoms with van der Waals surface area (Å²) in [6.45, 7) is 10.1. The van der Waals surface area contributed by atoms with Gasteiger partial charge in [0.25, 0.3) is 0 Å². The molecule has 0 aromatic rings. The van der Waals surface area contributed by atoms with Gasteiger partial charge in [-0.3, -0.25) is 4.90 Å². The molecule has 1 saturated heterocycles. The van der Waals surface area contributed by atoms with Gasteiger partial charge in [-0.15, -0.1) is 0 Å². The van der Waals surface area contributed by atoms with Crippen molar-refractivity contribution in [3.05, 3.63) is 0 Å². The van der Waals surface area contributed by atoms with Crippen LogP contribution in [-0.4, -0.2) is 40.3 Å². The van der Waals surface area contributed by atoms with E-state index in [0.29, 0.717) is 24.8 Å². The van der Waals surface area contributed by atoms with E-state index in [4.69, 9.17) is 4.74 Å². The Labute approximate surface area is 121 Å². The second kappa shape index (κ2) is 6.46. The van der Waals surface area contributed by atoms with Crippen LogP contribution in [0.15, 0.2) is 0 Å². The molecule has 2 atom stereocenters. The van der Waals surface area contributed by atoms with E-state index in [1.54, 1.807) is 20.8 Å². The quantitative estimate of drug-likeness (QED) is 0.865. The molecule has 0 saturated carbocycles. The van der Waals surface area contributed by atoms with Crippen molar-refractivity contribution in [2.45, 2.75) is 65.5 Å². The number of carbonyl (C=O) groups is 2. The second-order valence-corrected chi connectivity index (χ2v) is 7.05. The fraction of sp³-hybridized carbons (Fsp3) is 0.867. The van der Waals surface area contributed by atoms with E-state index in [2.05, 4.69) is 13.8 Å². The van der Waals surface area contributed by atoms with Crippen LogP contribution in [0.5, 0.6) is 0 Å². The van der Waals surface area contributed by atoms with E-state index in [-0.39, 0.29) is 0 Å². The maximum atomic E-state index is 12.1. The summed E-state index contributed by atoms with van der Waals surface area (Å²) in [6, 6.07) is -0.762. The standard InChI is InChI=1S/C15H27NO4/c1-10(2)8-11-6-7-16(12(9-11)13(17)18)14(19)20-15(3,4)5/h10-12H,6-9H2,1-5H3,(H,17,18)/t11-,12+/m0/s1. The summed E-state index contributed by atoms with van der Waals surface area (Å²) in [7, 11) is 0. The van der Waals surface area contributed by atoms with Gasteiger partial charge in [0.15, 0.2) is 0 Å². The summed E-state index contributed by atoms with van der Waals surface area (Å²) in [6.07, 6.45) is 1.85. The smallest absolute Gasteiger partial charge is 0.411 e. The summed E-state index contributed by atoms with van der Waals surface area (Å²) in [5.41, 5.74) is -0.602. The molecule has 5 nitrogen and oxygen atoms in total. The highest BCUT2D eigenvalue weighted by Crippen LogP contribution is 2.29. The van der Waals surface area contributed by atoms with Crippen molar-refractivity contribution in [3.63, 3.8) is 0 Å². The molecule has 1 aliphatic rings. The van der Waals surface area contributed by atoms with Crippen molar-refractivity contribution in [1.82, 2.24) is 4.90 Å². The zero-order valence-corrected chi connectivity index (χ0v) is 13.2. The van der Waals surface area contributed by atoms with Crippen molar-refractivity contribution in [3.8, 4) is 0 Å². The van der Waals surface area contributed by atoms with Gasteiger partial charge in [-0.25, -0.2) is 9.59 Å². The Morgan fingerprint density at radius 2 is 1.95 bits per heavy atom. The molecule has 0 unspecified atom stereocenters. The van der Waals surface area contributed by atoms with E-state index in [1.165, 1.54) is 4.90 Å². The normalized spacial score (nSPS) is 23.8. The molecule has 5 heteroatoms.